The van der Waals surface area contributed by atoms with Gasteiger partial charge in [0, 0.05) is 11.3 Å². The molecule has 0 saturated heterocycles. The lowest BCUT2D eigenvalue weighted by atomic mass is 10.1. The van der Waals surface area contributed by atoms with Crippen LogP contribution in [0.1, 0.15) is 17.3 Å². The first-order valence-corrected chi connectivity index (χ1v) is 9.34. The molecule has 0 bridgehead atoms. The minimum atomic E-state index is 0.0158. The summed E-state index contributed by atoms with van der Waals surface area (Å²) < 4.78 is 5.97. The van der Waals surface area contributed by atoms with Crippen molar-refractivity contribution in [1.29, 1.82) is 0 Å². The van der Waals surface area contributed by atoms with E-state index in [2.05, 4.69) is 25.8 Å². The van der Waals surface area contributed by atoms with E-state index in [0.717, 1.165) is 17.1 Å². The zero-order valence-electron chi connectivity index (χ0n) is 16.2. The Balaban J connectivity index is 1.50. The molecule has 30 heavy (non-hydrogen) atoms. The lowest BCUT2D eigenvalue weighted by Gasteiger charge is -2.13. The van der Waals surface area contributed by atoms with Crippen LogP contribution in [0.3, 0.4) is 0 Å². The standard InChI is InChI=1S/C23H19N5O2/c1-16(29)17-11-13-18(14-12-17)25-23-27-22(15-24-28-23)26-20-9-5-6-10-21(20)30-19-7-3-2-4-8-19/h2-15H,1H3,(H2,25,26,27,28). The Bertz CT molecular complexity index is 1150. The zero-order chi connectivity index (χ0) is 20.8. The van der Waals surface area contributed by atoms with E-state index >= 15 is 0 Å². The Morgan fingerprint density at radius 2 is 1.60 bits per heavy atom. The first-order chi connectivity index (χ1) is 14.7. The molecule has 0 unspecified atom stereocenters. The minimum Gasteiger partial charge on any atom is -0.455 e. The Hall–Kier alpha value is -4.26. The molecular formula is C23H19N5O2. The summed E-state index contributed by atoms with van der Waals surface area (Å²) in [7, 11) is 0. The van der Waals surface area contributed by atoms with Crippen LogP contribution in [-0.4, -0.2) is 21.0 Å². The summed E-state index contributed by atoms with van der Waals surface area (Å²) in [6.45, 7) is 1.53. The highest BCUT2D eigenvalue weighted by molar-refractivity contribution is 5.94. The van der Waals surface area contributed by atoms with E-state index in [1.807, 2.05) is 54.6 Å². The van der Waals surface area contributed by atoms with Gasteiger partial charge in [0.1, 0.15) is 5.75 Å². The van der Waals surface area contributed by atoms with Crippen LogP contribution in [0.4, 0.5) is 23.1 Å². The maximum atomic E-state index is 11.4. The van der Waals surface area contributed by atoms with E-state index in [4.69, 9.17) is 4.74 Å². The van der Waals surface area contributed by atoms with Gasteiger partial charge in [0.25, 0.3) is 0 Å². The molecule has 148 valence electrons. The number of benzene rings is 3. The van der Waals surface area contributed by atoms with Crippen molar-refractivity contribution >= 4 is 28.9 Å². The summed E-state index contributed by atoms with van der Waals surface area (Å²) >= 11 is 0. The van der Waals surface area contributed by atoms with E-state index < -0.39 is 0 Å². The van der Waals surface area contributed by atoms with Gasteiger partial charge in [-0.15, -0.1) is 5.10 Å². The summed E-state index contributed by atoms with van der Waals surface area (Å²) in [6.07, 6.45) is 1.53. The number of ether oxygens (including phenoxy) is 1. The van der Waals surface area contributed by atoms with E-state index in [1.54, 1.807) is 24.3 Å². The molecular weight excluding hydrogens is 378 g/mol. The van der Waals surface area contributed by atoms with Gasteiger partial charge in [-0.2, -0.15) is 10.1 Å². The first kappa shape index (κ1) is 19.1. The van der Waals surface area contributed by atoms with E-state index in [1.165, 1.54) is 13.1 Å². The number of carbonyl (C=O) groups excluding carboxylic acids is 1. The number of rotatable bonds is 7. The van der Waals surface area contributed by atoms with Crippen molar-refractivity contribution in [2.75, 3.05) is 10.6 Å². The largest absolute Gasteiger partial charge is 0.455 e. The van der Waals surface area contributed by atoms with Crippen LogP contribution in [0.25, 0.3) is 0 Å². The molecule has 3 aromatic carbocycles. The molecule has 0 radical (unpaired) electrons. The normalized spacial score (nSPS) is 10.3. The van der Waals surface area contributed by atoms with Gasteiger partial charge in [0.15, 0.2) is 17.4 Å². The monoisotopic (exact) mass is 397 g/mol. The Morgan fingerprint density at radius 1 is 0.867 bits per heavy atom. The Labute approximate surface area is 173 Å². The van der Waals surface area contributed by atoms with E-state index in [-0.39, 0.29) is 5.78 Å². The average molecular weight is 397 g/mol. The maximum absolute atomic E-state index is 11.4. The third-order valence-corrected chi connectivity index (χ3v) is 4.23. The maximum Gasteiger partial charge on any atom is 0.249 e. The highest BCUT2D eigenvalue weighted by Gasteiger charge is 2.08. The molecule has 1 heterocycles. The first-order valence-electron chi connectivity index (χ1n) is 9.34. The van der Waals surface area contributed by atoms with Crippen molar-refractivity contribution in [3.63, 3.8) is 0 Å². The SMILES string of the molecule is CC(=O)c1ccc(Nc2nncc(Nc3ccccc3Oc3ccccc3)n2)cc1. The Kier molecular flexibility index (Phi) is 5.61. The molecule has 0 fully saturated rings. The van der Waals surface area contributed by atoms with Crippen molar-refractivity contribution in [2.45, 2.75) is 6.92 Å². The van der Waals surface area contributed by atoms with Crippen LogP contribution in [-0.2, 0) is 0 Å². The second-order valence-electron chi connectivity index (χ2n) is 6.46. The van der Waals surface area contributed by atoms with Crippen molar-refractivity contribution in [2.24, 2.45) is 0 Å². The minimum absolute atomic E-state index is 0.0158. The summed E-state index contributed by atoms with van der Waals surface area (Å²) in [5, 5.41) is 14.3. The molecule has 4 rings (SSSR count). The second-order valence-corrected chi connectivity index (χ2v) is 6.46. The van der Waals surface area contributed by atoms with Crippen molar-refractivity contribution in [3.05, 3.63) is 90.6 Å². The second kappa shape index (κ2) is 8.83. The van der Waals surface area contributed by atoms with Crippen LogP contribution in [0.5, 0.6) is 11.5 Å². The fourth-order valence-electron chi connectivity index (χ4n) is 2.75. The summed E-state index contributed by atoms with van der Waals surface area (Å²) in [6, 6.07) is 24.2. The third-order valence-electron chi connectivity index (χ3n) is 4.23. The highest BCUT2D eigenvalue weighted by Crippen LogP contribution is 2.31. The number of Topliss-reactive ketones (excluding diaryl/α,β-unsaturated/α-hetero) is 1. The van der Waals surface area contributed by atoms with E-state index in [0.29, 0.717) is 23.1 Å². The lowest BCUT2D eigenvalue weighted by molar-refractivity contribution is 0.101. The molecule has 1 aromatic heterocycles. The molecule has 7 heteroatoms. The smallest absolute Gasteiger partial charge is 0.249 e. The number of hydrogen-bond acceptors (Lipinski definition) is 7. The molecule has 0 spiro atoms. The third kappa shape index (κ3) is 4.77. The van der Waals surface area contributed by atoms with Gasteiger partial charge in [-0.25, -0.2) is 0 Å². The summed E-state index contributed by atoms with van der Waals surface area (Å²) in [5.74, 6) is 2.26. The molecule has 0 saturated carbocycles. The number of ketones is 1. The van der Waals surface area contributed by atoms with Crippen LogP contribution in [0.15, 0.2) is 85.1 Å². The van der Waals surface area contributed by atoms with Crippen LogP contribution >= 0.6 is 0 Å². The number of hydrogen-bond donors (Lipinski definition) is 2. The average Bonchev–Trinajstić information content (AvgIpc) is 2.76. The molecule has 7 nitrogen and oxygen atoms in total. The van der Waals surface area contributed by atoms with Gasteiger partial charge in [0.2, 0.25) is 5.95 Å². The highest BCUT2D eigenvalue weighted by atomic mass is 16.5. The van der Waals surface area contributed by atoms with Crippen LogP contribution in [0, 0.1) is 0 Å². The van der Waals surface area contributed by atoms with Gasteiger partial charge < -0.3 is 15.4 Å². The van der Waals surface area contributed by atoms with Crippen molar-refractivity contribution in [1.82, 2.24) is 15.2 Å². The van der Waals surface area contributed by atoms with Gasteiger partial charge in [-0.3, -0.25) is 4.79 Å². The predicted molar refractivity (Wildman–Crippen MR) is 116 cm³/mol. The fourth-order valence-corrected chi connectivity index (χ4v) is 2.75. The number of nitrogens with zero attached hydrogens (tertiary/aromatic N) is 3. The Morgan fingerprint density at radius 3 is 2.37 bits per heavy atom. The van der Waals surface area contributed by atoms with Crippen LogP contribution < -0.4 is 15.4 Å². The quantitative estimate of drug-likeness (QED) is 0.406. The number of nitrogens with one attached hydrogen (secondary N) is 2. The number of para-hydroxylation sites is 3. The van der Waals surface area contributed by atoms with Gasteiger partial charge in [-0.1, -0.05) is 30.3 Å². The van der Waals surface area contributed by atoms with E-state index in [9.17, 15) is 4.79 Å². The fraction of sp³-hybridized carbons (Fsp3) is 0.0435. The molecule has 2 N–H and O–H groups in total. The van der Waals surface area contributed by atoms with Gasteiger partial charge in [0.05, 0.1) is 11.9 Å². The zero-order valence-corrected chi connectivity index (χ0v) is 16.2. The number of aromatic nitrogens is 3. The molecule has 0 amide bonds. The summed E-state index contributed by atoms with van der Waals surface area (Å²) in [4.78, 5) is 15.9. The lowest BCUT2D eigenvalue weighted by Crippen LogP contribution is -2.03. The van der Waals surface area contributed by atoms with Crippen molar-refractivity contribution < 1.29 is 9.53 Å². The van der Waals surface area contributed by atoms with Crippen LogP contribution in [0.2, 0.25) is 0 Å². The van der Waals surface area contributed by atoms with Crippen molar-refractivity contribution in [3.8, 4) is 11.5 Å². The predicted octanol–water partition coefficient (Wildman–Crippen LogP) is 5.35. The molecule has 4 aromatic rings. The molecule has 0 aliphatic rings. The van der Waals surface area contributed by atoms with Gasteiger partial charge in [-0.05, 0) is 55.5 Å². The topological polar surface area (TPSA) is 89.0 Å². The molecule has 0 aliphatic heterocycles. The number of carbonyl (C=O) groups is 1. The molecule has 0 aliphatic carbocycles. The number of anilines is 4. The molecule has 0 atom stereocenters. The van der Waals surface area contributed by atoms with Gasteiger partial charge >= 0.3 is 0 Å². The summed E-state index contributed by atoms with van der Waals surface area (Å²) in [5.41, 5.74) is 2.15.